The predicted molar refractivity (Wildman–Crippen MR) is 106 cm³/mol. The lowest BCUT2D eigenvalue weighted by Crippen LogP contribution is -2.37. The zero-order valence-corrected chi connectivity index (χ0v) is 16.8. The molecular formula is C20H26N4O4. The second kappa shape index (κ2) is 8.33. The van der Waals surface area contributed by atoms with Crippen LogP contribution in [0, 0.1) is 5.92 Å². The molecule has 0 saturated carbocycles. The zero-order chi connectivity index (χ0) is 20.3. The predicted octanol–water partition coefficient (Wildman–Crippen LogP) is 3.65. The number of benzene rings is 1. The number of aromatic nitrogens is 2. The number of carbonyl (C=O) groups excluding carboxylic acids is 1. The molecule has 1 aliphatic heterocycles. The topological polar surface area (TPSA) is 85.8 Å². The van der Waals surface area contributed by atoms with Crippen LogP contribution in [0.4, 0.5) is 16.6 Å². The third-order valence-electron chi connectivity index (χ3n) is 4.82. The molecule has 8 nitrogen and oxygen atoms in total. The molecule has 2 atom stereocenters. The normalized spacial score (nSPS) is 17.4. The van der Waals surface area contributed by atoms with Crippen molar-refractivity contribution in [1.82, 2.24) is 9.97 Å². The molecule has 1 aromatic heterocycles. The fourth-order valence-electron chi connectivity index (χ4n) is 3.14. The summed E-state index contributed by atoms with van der Waals surface area (Å²) in [6, 6.07) is 7.31. The average molecular weight is 386 g/mol. The van der Waals surface area contributed by atoms with Crippen LogP contribution in [0.2, 0.25) is 0 Å². The smallest absolute Gasteiger partial charge is 0.415 e. The van der Waals surface area contributed by atoms with Crippen LogP contribution in [-0.2, 0) is 4.74 Å². The van der Waals surface area contributed by atoms with Crippen molar-refractivity contribution in [2.45, 2.75) is 32.9 Å². The van der Waals surface area contributed by atoms with Crippen LogP contribution in [-0.4, -0.2) is 42.9 Å². The summed E-state index contributed by atoms with van der Waals surface area (Å²) in [5, 5.41) is 3.27. The number of nitrogens with one attached hydrogen (secondary N) is 1. The molecule has 1 aliphatic rings. The van der Waals surface area contributed by atoms with E-state index in [0.717, 1.165) is 5.56 Å². The summed E-state index contributed by atoms with van der Waals surface area (Å²) in [5.41, 5.74) is 0.993. The molecule has 3 rings (SSSR count). The van der Waals surface area contributed by atoms with Crippen molar-refractivity contribution >= 4 is 17.9 Å². The number of methoxy groups -OCH3 is 2. The standard InChI is InChI=1S/C20H26N4O4/c1-12(2)15-11-28-20(25)24(15)18-8-9-21-19(23-18)22-13(3)14-6-7-16(26-4)17(10-14)27-5/h6-10,12-13,15H,11H2,1-5H3,(H,21,22,23)/t13-,15+/m0/s1. The Hall–Kier alpha value is -3.03. The maximum absolute atomic E-state index is 12.2. The summed E-state index contributed by atoms with van der Waals surface area (Å²) in [6.45, 7) is 6.47. The van der Waals surface area contributed by atoms with Crippen LogP contribution in [0.25, 0.3) is 0 Å². The molecule has 8 heteroatoms. The lowest BCUT2D eigenvalue weighted by molar-refractivity contribution is 0.177. The van der Waals surface area contributed by atoms with Gasteiger partial charge in [-0.3, -0.25) is 4.90 Å². The Labute approximate surface area is 164 Å². The van der Waals surface area contributed by atoms with Gasteiger partial charge in [-0.1, -0.05) is 19.9 Å². The van der Waals surface area contributed by atoms with Gasteiger partial charge in [-0.15, -0.1) is 0 Å². The highest BCUT2D eigenvalue weighted by Crippen LogP contribution is 2.31. The van der Waals surface area contributed by atoms with Crippen LogP contribution < -0.4 is 19.7 Å². The van der Waals surface area contributed by atoms with Gasteiger partial charge >= 0.3 is 6.09 Å². The van der Waals surface area contributed by atoms with Crippen LogP contribution in [0.5, 0.6) is 11.5 Å². The molecule has 2 aromatic rings. The van der Waals surface area contributed by atoms with Crippen molar-refractivity contribution in [3.63, 3.8) is 0 Å². The Bertz CT molecular complexity index is 843. The molecule has 1 amide bonds. The SMILES string of the molecule is COc1ccc([C@H](C)Nc2nccc(N3C(=O)OC[C@@H]3C(C)C)n2)cc1OC. The van der Waals surface area contributed by atoms with E-state index in [1.54, 1.807) is 31.4 Å². The van der Waals surface area contributed by atoms with E-state index >= 15 is 0 Å². The van der Waals surface area contributed by atoms with Crippen molar-refractivity contribution < 1.29 is 19.0 Å². The summed E-state index contributed by atoms with van der Waals surface area (Å²) in [5.74, 6) is 2.54. The molecule has 0 radical (unpaired) electrons. The maximum Gasteiger partial charge on any atom is 0.415 e. The van der Waals surface area contributed by atoms with Gasteiger partial charge in [-0.05, 0) is 36.6 Å². The maximum atomic E-state index is 12.2. The number of carbonyl (C=O) groups is 1. The fourth-order valence-corrected chi connectivity index (χ4v) is 3.14. The molecule has 150 valence electrons. The number of amides is 1. The number of anilines is 2. The highest BCUT2D eigenvalue weighted by Gasteiger charge is 2.37. The van der Waals surface area contributed by atoms with Crippen LogP contribution in [0.1, 0.15) is 32.4 Å². The van der Waals surface area contributed by atoms with Gasteiger partial charge in [0.15, 0.2) is 11.5 Å². The van der Waals surface area contributed by atoms with Crippen LogP contribution >= 0.6 is 0 Å². The molecule has 0 bridgehead atoms. The minimum absolute atomic E-state index is 0.0430. The molecule has 1 fully saturated rings. The monoisotopic (exact) mass is 386 g/mol. The Morgan fingerprint density at radius 2 is 1.93 bits per heavy atom. The van der Waals surface area contributed by atoms with Crippen molar-refractivity contribution in [3.8, 4) is 11.5 Å². The van der Waals surface area contributed by atoms with Crippen LogP contribution in [0.15, 0.2) is 30.5 Å². The molecule has 28 heavy (non-hydrogen) atoms. The molecule has 2 heterocycles. The van der Waals surface area contributed by atoms with Crippen molar-refractivity contribution in [3.05, 3.63) is 36.0 Å². The van der Waals surface area contributed by atoms with E-state index in [0.29, 0.717) is 29.9 Å². The number of hydrogen-bond donors (Lipinski definition) is 1. The number of cyclic esters (lactones) is 1. The molecule has 1 saturated heterocycles. The highest BCUT2D eigenvalue weighted by molar-refractivity contribution is 5.89. The van der Waals surface area contributed by atoms with E-state index in [2.05, 4.69) is 29.1 Å². The van der Waals surface area contributed by atoms with Gasteiger partial charge in [0.25, 0.3) is 0 Å². The first-order valence-corrected chi connectivity index (χ1v) is 9.22. The highest BCUT2D eigenvalue weighted by atomic mass is 16.6. The molecular weight excluding hydrogens is 360 g/mol. The number of nitrogens with zero attached hydrogens (tertiary/aromatic N) is 3. The van der Waals surface area contributed by atoms with Gasteiger partial charge < -0.3 is 19.5 Å². The van der Waals surface area contributed by atoms with E-state index in [1.807, 2.05) is 25.1 Å². The average Bonchev–Trinajstić information content (AvgIpc) is 3.09. The van der Waals surface area contributed by atoms with E-state index in [-0.39, 0.29) is 24.1 Å². The van der Waals surface area contributed by atoms with Crippen molar-refractivity contribution in [2.75, 3.05) is 31.0 Å². The third kappa shape index (κ3) is 3.95. The van der Waals surface area contributed by atoms with E-state index < -0.39 is 0 Å². The Balaban J connectivity index is 1.80. The first-order valence-electron chi connectivity index (χ1n) is 9.22. The first kappa shape index (κ1) is 19.7. The van der Waals surface area contributed by atoms with Crippen molar-refractivity contribution in [1.29, 1.82) is 0 Å². The molecule has 1 aromatic carbocycles. The van der Waals surface area contributed by atoms with E-state index in [4.69, 9.17) is 14.2 Å². The number of ether oxygens (including phenoxy) is 3. The largest absolute Gasteiger partial charge is 0.493 e. The van der Waals surface area contributed by atoms with Gasteiger partial charge in [0.2, 0.25) is 5.95 Å². The van der Waals surface area contributed by atoms with Gasteiger partial charge in [0.1, 0.15) is 12.4 Å². The lowest BCUT2D eigenvalue weighted by Gasteiger charge is -2.24. The quantitative estimate of drug-likeness (QED) is 0.777. The van der Waals surface area contributed by atoms with Gasteiger partial charge in [0, 0.05) is 6.20 Å². The molecule has 0 aliphatic carbocycles. The summed E-state index contributed by atoms with van der Waals surface area (Å²) in [4.78, 5) is 22.6. The first-order chi connectivity index (χ1) is 13.4. The zero-order valence-electron chi connectivity index (χ0n) is 16.8. The third-order valence-corrected chi connectivity index (χ3v) is 4.82. The Morgan fingerprint density at radius 3 is 2.61 bits per heavy atom. The Kier molecular flexibility index (Phi) is 5.87. The minimum Gasteiger partial charge on any atom is -0.493 e. The van der Waals surface area contributed by atoms with Crippen LogP contribution in [0.3, 0.4) is 0 Å². The number of hydrogen-bond acceptors (Lipinski definition) is 7. The fraction of sp³-hybridized carbons (Fsp3) is 0.450. The van der Waals surface area contributed by atoms with Gasteiger partial charge in [-0.2, -0.15) is 4.98 Å². The van der Waals surface area contributed by atoms with E-state index in [9.17, 15) is 4.79 Å². The van der Waals surface area contributed by atoms with Gasteiger partial charge in [-0.25, -0.2) is 9.78 Å². The summed E-state index contributed by atoms with van der Waals surface area (Å²) < 4.78 is 15.9. The number of rotatable bonds is 7. The lowest BCUT2D eigenvalue weighted by atomic mass is 10.0. The van der Waals surface area contributed by atoms with Crippen molar-refractivity contribution in [2.24, 2.45) is 5.92 Å². The molecule has 0 unspecified atom stereocenters. The second-order valence-corrected chi connectivity index (χ2v) is 6.98. The summed E-state index contributed by atoms with van der Waals surface area (Å²) >= 11 is 0. The van der Waals surface area contributed by atoms with E-state index in [1.165, 1.54) is 0 Å². The summed E-state index contributed by atoms with van der Waals surface area (Å²) in [6.07, 6.45) is 1.26. The molecule has 0 spiro atoms. The second-order valence-electron chi connectivity index (χ2n) is 6.98. The van der Waals surface area contributed by atoms with Gasteiger partial charge in [0.05, 0.1) is 26.3 Å². The molecule has 1 N–H and O–H groups in total. The summed E-state index contributed by atoms with van der Waals surface area (Å²) in [7, 11) is 3.21. The Morgan fingerprint density at radius 1 is 1.18 bits per heavy atom. The minimum atomic E-state index is -0.378.